The summed E-state index contributed by atoms with van der Waals surface area (Å²) < 4.78 is 0. The van der Waals surface area contributed by atoms with Crippen molar-refractivity contribution in [3.8, 4) is 0 Å². The van der Waals surface area contributed by atoms with Crippen LogP contribution in [0.2, 0.25) is 0 Å². The van der Waals surface area contributed by atoms with Gasteiger partial charge in [-0.25, -0.2) is 0 Å². The Morgan fingerprint density at radius 1 is 1.29 bits per heavy atom. The standard InChI is InChI=1S/C13H19N/c1-2-14-10-6-9-13(11-14)12-7-4-3-5-8-12/h3-5,7-8,13H,2,6,9-11H2,1H3/t13-/m0/s1. The summed E-state index contributed by atoms with van der Waals surface area (Å²) in [6.45, 7) is 6.00. The summed E-state index contributed by atoms with van der Waals surface area (Å²) >= 11 is 0. The second kappa shape index (κ2) is 4.61. The zero-order valence-electron chi connectivity index (χ0n) is 8.95. The minimum Gasteiger partial charge on any atom is -0.303 e. The van der Waals surface area contributed by atoms with Gasteiger partial charge in [-0.1, -0.05) is 37.3 Å². The van der Waals surface area contributed by atoms with Gasteiger partial charge in [0.15, 0.2) is 0 Å². The van der Waals surface area contributed by atoms with Gasteiger partial charge in [0.2, 0.25) is 0 Å². The molecular weight excluding hydrogens is 170 g/mol. The highest BCUT2D eigenvalue weighted by molar-refractivity contribution is 5.20. The van der Waals surface area contributed by atoms with Crippen LogP contribution in [0.3, 0.4) is 0 Å². The van der Waals surface area contributed by atoms with E-state index in [2.05, 4.69) is 42.2 Å². The van der Waals surface area contributed by atoms with Crippen LogP contribution in [0.4, 0.5) is 0 Å². The number of nitrogens with zero attached hydrogens (tertiary/aromatic N) is 1. The fourth-order valence-corrected chi connectivity index (χ4v) is 2.34. The molecule has 1 heterocycles. The molecule has 0 bridgehead atoms. The average Bonchev–Trinajstić information content (AvgIpc) is 2.30. The molecule has 0 unspecified atom stereocenters. The van der Waals surface area contributed by atoms with Crippen molar-refractivity contribution in [3.63, 3.8) is 0 Å². The van der Waals surface area contributed by atoms with E-state index in [1.165, 1.54) is 38.0 Å². The molecule has 1 fully saturated rings. The molecule has 0 amide bonds. The van der Waals surface area contributed by atoms with Crippen LogP contribution in [0.15, 0.2) is 30.3 Å². The number of benzene rings is 1. The Morgan fingerprint density at radius 2 is 2.07 bits per heavy atom. The van der Waals surface area contributed by atoms with Gasteiger partial charge in [0.05, 0.1) is 0 Å². The topological polar surface area (TPSA) is 3.24 Å². The zero-order valence-corrected chi connectivity index (χ0v) is 8.95. The lowest BCUT2D eigenvalue weighted by Gasteiger charge is -2.32. The number of hydrogen-bond donors (Lipinski definition) is 0. The van der Waals surface area contributed by atoms with Gasteiger partial charge in [-0.2, -0.15) is 0 Å². The van der Waals surface area contributed by atoms with Crippen molar-refractivity contribution < 1.29 is 0 Å². The number of likely N-dealkylation sites (N-methyl/N-ethyl adjacent to an activating group) is 1. The van der Waals surface area contributed by atoms with E-state index in [4.69, 9.17) is 0 Å². The van der Waals surface area contributed by atoms with Gasteiger partial charge in [0.1, 0.15) is 0 Å². The first kappa shape index (κ1) is 9.72. The monoisotopic (exact) mass is 189 g/mol. The average molecular weight is 189 g/mol. The maximum Gasteiger partial charge on any atom is 0.00502 e. The van der Waals surface area contributed by atoms with Crippen LogP contribution < -0.4 is 0 Å². The van der Waals surface area contributed by atoms with Gasteiger partial charge in [-0.3, -0.25) is 0 Å². The van der Waals surface area contributed by atoms with Crippen LogP contribution in [0.5, 0.6) is 0 Å². The SMILES string of the molecule is CCN1CCC[C@H](c2ccccc2)C1. The molecule has 1 aromatic rings. The molecule has 1 aromatic carbocycles. The molecule has 1 heteroatoms. The highest BCUT2D eigenvalue weighted by atomic mass is 15.1. The molecule has 1 aliphatic rings. The van der Waals surface area contributed by atoms with Crippen molar-refractivity contribution in [2.24, 2.45) is 0 Å². The Morgan fingerprint density at radius 3 is 2.79 bits per heavy atom. The third kappa shape index (κ3) is 2.16. The highest BCUT2D eigenvalue weighted by Gasteiger charge is 2.19. The molecule has 0 radical (unpaired) electrons. The first-order chi connectivity index (χ1) is 6.90. The fraction of sp³-hybridized carbons (Fsp3) is 0.538. The molecule has 1 aliphatic heterocycles. The van der Waals surface area contributed by atoms with E-state index < -0.39 is 0 Å². The Bertz CT molecular complexity index is 268. The zero-order chi connectivity index (χ0) is 9.80. The normalized spacial score (nSPS) is 23.6. The maximum absolute atomic E-state index is 2.56. The van der Waals surface area contributed by atoms with E-state index in [-0.39, 0.29) is 0 Å². The molecule has 2 rings (SSSR count). The van der Waals surface area contributed by atoms with Crippen molar-refractivity contribution >= 4 is 0 Å². The quantitative estimate of drug-likeness (QED) is 0.691. The molecule has 14 heavy (non-hydrogen) atoms. The second-order valence-corrected chi connectivity index (χ2v) is 4.14. The Hall–Kier alpha value is -0.820. The Kier molecular flexibility index (Phi) is 3.20. The minimum absolute atomic E-state index is 0.768. The minimum atomic E-state index is 0.768. The van der Waals surface area contributed by atoms with Crippen LogP contribution in [0.1, 0.15) is 31.2 Å². The molecule has 1 atom stereocenters. The molecule has 1 nitrogen and oxygen atoms in total. The van der Waals surface area contributed by atoms with E-state index in [0.717, 1.165) is 5.92 Å². The molecule has 0 aliphatic carbocycles. The van der Waals surface area contributed by atoms with Crippen molar-refractivity contribution in [1.29, 1.82) is 0 Å². The Balaban J connectivity index is 2.04. The fourth-order valence-electron chi connectivity index (χ4n) is 2.34. The smallest absolute Gasteiger partial charge is 0.00502 e. The molecular formula is C13H19N. The van der Waals surface area contributed by atoms with Gasteiger partial charge < -0.3 is 4.90 Å². The first-order valence-electron chi connectivity index (χ1n) is 5.67. The third-order valence-electron chi connectivity index (χ3n) is 3.22. The predicted molar refractivity (Wildman–Crippen MR) is 60.5 cm³/mol. The lowest BCUT2D eigenvalue weighted by atomic mass is 9.91. The lowest BCUT2D eigenvalue weighted by Crippen LogP contribution is -2.33. The summed E-state index contributed by atoms with van der Waals surface area (Å²) in [7, 11) is 0. The number of hydrogen-bond acceptors (Lipinski definition) is 1. The van der Waals surface area contributed by atoms with E-state index in [9.17, 15) is 0 Å². The van der Waals surface area contributed by atoms with Crippen LogP contribution in [0, 0.1) is 0 Å². The van der Waals surface area contributed by atoms with Crippen molar-refractivity contribution in [2.75, 3.05) is 19.6 Å². The maximum atomic E-state index is 2.56. The third-order valence-corrected chi connectivity index (χ3v) is 3.22. The van der Waals surface area contributed by atoms with Gasteiger partial charge in [0.25, 0.3) is 0 Å². The second-order valence-electron chi connectivity index (χ2n) is 4.14. The number of likely N-dealkylation sites (tertiary alicyclic amines) is 1. The van der Waals surface area contributed by atoms with Crippen LogP contribution in [0.25, 0.3) is 0 Å². The summed E-state index contributed by atoms with van der Waals surface area (Å²) in [6.07, 6.45) is 2.72. The molecule has 0 saturated carbocycles. The predicted octanol–water partition coefficient (Wildman–Crippen LogP) is 2.89. The van der Waals surface area contributed by atoms with Gasteiger partial charge in [0, 0.05) is 6.54 Å². The summed E-state index contributed by atoms with van der Waals surface area (Å²) in [6, 6.07) is 10.9. The first-order valence-corrected chi connectivity index (χ1v) is 5.67. The van der Waals surface area contributed by atoms with E-state index >= 15 is 0 Å². The molecule has 1 saturated heterocycles. The van der Waals surface area contributed by atoms with E-state index in [1.54, 1.807) is 0 Å². The van der Waals surface area contributed by atoms with Crippen LogP contribution >= 0.6 is 0 Å². The van der Waals surface area contributed by atoms with Crippen LogP contribution in [-0.4, -0.2) is 24.5 Å². The summed E-state index contributed by atoms with van der Waals surface area (Å²) in [5.74, 6) is 0.768. The molecule has 0 N–H and O–H groups in total. The van der Waals surface area contributed by atoms with Crippen molar-refractivity contribution in [3.05, 3.63) is 35.9 Å². The molecule has 76 valence electrons. The summed E-state index contributed by atoms with van der Waals surface area (Å²) in [4.78, 5) is 2.56. The van der Waals surface area contributed by atoms with E-state index in [0.29, 0.717) is 0 Å². The van der Waals surface area contributed by atoms with Gasteiger partial charge in [-0.05, 0) is 37.4 Å². The number of rotatable bonds is 2. The highest BCUT2D eigenvalue weighted by Crippen LogP contribution is 2.26. The van der Waals surface area contributed by atoms with Crippen molar-refractivity contribution in [1.82, 2.24) is 4.90 Å². The summed E-state index contributed by atoms with van der Waals surface area (Å²) in [5.41, 5.74) is 1.52. The number of piperidine rings is 1. The van der Waals surface area contributed by atoms with Gasteiger partial charge in [-0.15, -0.1) is 0 Å². The Labute approximate surface area is 86.7 Å². The van der Waals surface area contributed by atoms with Crippen LogP contribution in [-0.2, 0) is 0 Å². The van der Waals surface area contributed by atoms with Gasteiger partial charge >= 0.3 is 0 Å². The largest absolute Gasteiger partial charge is 0.303 e. The van der Waals surface area contributed by atoms with Crippen molar-refractivity contribution in [2.45, 2.75) is 25.7 Å². The van der Waals surface area contributed by atoms with E-state index in [1.807, 2.05) is 0 Å². The molecule has 0 spiro atoms. The summed E-state index contributed by atoms with van der Waals surface area (Å²) in [5, 5.41) is 0. The lowest BCUT2D eigenvalue weighted by molar-refractivity contribution is 0.218. The molecule has 0 aromatic heterocycles.